The molecule has 1 saturated heterocycles. The minimum absolute atomic E-state index is 0.0614. The van der Waals surface area contributed by atoms with E-state index in [2.05, 4.69) is 0 Å². The summed E-state index contributed by atoms with van der Waals surface area (Å²) < 4.78 is 60.8. The molecule has 1 aliphatic heterocycles. The van der Waals surface area contributed by atoms with Gasteiger partial charge in [0.05, 0.1) is 11.5 Å². The van der Waals surface area contributed by atoms with Gasteiger partial charge in [-0.25, -0.2) is 17.6 Å². The van der Waals surface area contributed by atoms with Crippen molar-refractivity contribution in [1.29, 1.82) is 0 Å². The van der Waals surface area contributed by atoms with Gasteiger partial charge in [0, 0.05) is 24.7 Å². The quantitative estimate of drug-likeness (QED) is 0.403. The van der Waals surface area contributed by atoms with Crippen LogP contribution in [0, 0.1) is 29.2 Å². The molecule has 1 fully saturated rings. The molecular formula is C22H21F4NO3. The van der Waals surface area contributed by atoms with Gasteiger partial charge in [-0.15, -0.1) is 0 Å². The summed E-state index contributed by atoms with van der Waals surface area (Å²) in [6.45, 7) is 1.51. The Morgan fingerprint density at radius 2 is 1.83 bits per heavy atom. The van der Waals surface area contributed by atoms with Gasteiger partial charge in [0.15, 0.2) is 0 Å². The highest BCUT2D eigenvalue weighted by Gasteiger charge is 2.25. The molecule has 3 rings (SSSR count). The Kier molecular flexibility index (Phi) is 7.10. The Morgan fingerprint density at radius 3 is 2.57 bits per heavy atom. The van der Waals surface area contributed by atoms with E-state index in [0.717, 1.165) is 42.8 Å². The van der Waals surface area contributed by atoms with Crippen LogP contribution < -0.4 is 0 Å². The highest BCUT2D eigenvalue weighted by Crippen LogP contribution is 2.25. The third-order valence-electron chi connectivity index (χ3n) is 4.96. The van der Waals surface area contributed by atoms with Crippen LogP contribution in [0.2, 0.25) is 0 Å². The summed E-state index contributed by atoms with van der Waals surface area (Å²) in [5, 5.41) is 9.18. The van der Waals surface area contributed by atoms with E-state index in [4.69, 9.17) is 4.74 Å². The smallest absolute Gasteiger partial charge is 0.307 e. The van der Waals surface area contributed by atoms with E-state index in [1.54, 1.807) is 0 Å². The molecule has 160 valence electrons. The predicted molar refractivity (Wildman–Crippen MR) is 103 cm³/mol. The molecular weight excluding hydrogens is 402 g/mol. The third kappa shape index (κ3) is 5.60. The lowest BCUT2D eigenvalue weighted by atomic mass is 9.98. The van der Waals surface area contributed by atoms with Crippen molar-refractivity contribution in [2.45, 2.75) is 12.8 Å². The number of rotatable bonds is 7. The van der Waals surface area contributed by atoms with Crippen molar-refractivity contribution in [2.24, 2.45) is 5.92 Å². The van der Waals surface area contributed by atoms with Crippen LogP contribution in [0.1, 0.15) is 24.0 Å². The van der Waals surface area contributed by atoms with Crippen molar-refractivity contribution < 1.29 is 32.2 Å². The van der Waals surface area contributed by atoms with E-state index in [1.165, 1.54) is 0 Å². The molecule has 1 aliphatic rings. The fourth-order valence-corrected chi connectivity index (χ4v) is 3.40. The number of ether oxygens (including phenoxy) is 1. The second-order valence-electron chi connectivity index (χ2n) is 7.13. The second-order valence-corrected chi connectivity index (χ2v) is 7.13. The molecule has 0 radical (unpaired) electrons. The first-order valence-electron chi connectivity index (χ1n) is 9.53. The number of nitrogens with zero attached hydrogens (tertiary/aromatic N) is 1. The Balaban J connectivity index is 1.79. The third-order valence-corrected chi connectivity index (χ3v) is 4.96. The average molecular weight is 423 g/mol. The maximum atomic E-state index is 14.3. The highest BCUT2D eigenvalue weighted by molar-refractivity contribution is 5.77. The van der Waals surface area contributed by atoms with Gasteiger partial charge in [0.2, 0.25) is 0 Å². The summed E-state index contributed by atoms with van der Waals surface area (Å²) in [6.07, 6.45) is 2.50. The van der Waals surface area contributed by atoms with Crippen molar-refractivity contribution in [2.75, 3.05) is 26.2 Å². The minimum Gasteiger partial charge on any atom is -0.491 e. The first-order chi connectivity index (χ1) is 14.3. The first kappa shape index (κ1) is 21.8. The van der Waals surface area contributed by atoms with E-state index in [9.17, 15) is 27.5 Å². The lowest BCUT2D eigenvalue weighted by Crippen LogP contribution is -2.40. The van der Waals surface area contributed by atoms with Crippen molar-refractivity contribution in [3.8, 4) is 0 Å². The van der Waals surface area contributed by atoms with E-state index in [0.29, 0.717) is 32.1 Å². The highest BCUT2D eigenvalue weighted by atomic mass is 19.1. The molecule has 0 amide bonds. The molecule has 2 aromatic carbocycles. The largest absolute Gasteiger partial charge is 0.491 e. The molecule has 1 heterocycles. The first-order valence-corrected chi connectivity index (χ1v) is 9.53. The van der Waals surface area contributed by atoms with Crippen LogP contribution in [0.3, 0.4) is 0 Å². The topological polar surface area (TPSA) is 49.8 Å². The molecule has 30 heavy (non-hydrogen) atoms. The number of hydrogen-bond donors (Lipinski definition) is 1. The van der Waals surface area contributed by atoms with Gasteiger partial charge in [0.1, 0.15) is 35.6 Å². The maximum absolute atomic E-state index is 14.3. The number of hydrogen-bond acceptors (Lipinski definition) is 3. The zero-order chi connectivity index (χ0) is 21.7. The number of likely N-dealkylation sites (tertiary alicyclic amines) is 1. The second kappa shape index (κ2) is 9.75. The van der Waals surface area contributed by atoms with Gasteiger partial charge in [0.25, 0.3) is 0 Å². The van der Waals surface area contributed by atoms with Gasteiger partial charge >= 0.3 is 5.97 Å². The van der Waals surface area contributed by atoms with Crippen molar-refractivity contribution in [3.63, 3.8) is 0 Å². The number of halogens is 4. The summed E-state index contributed by atoms with van der Waals surface area (Å²) in [6, 6.07) is 5.73. The van der Waals surface area contributed by atoms with Gasteiger partial charge in [-0.05, 0) is 55.8 Å². The molecule has 1 atom stereocenters. The molecule has 2 aromatic rings. The zero-order valence-electron chi connectivity index (χ0n) is 16.1. The number of benzene rings is 2. The fraction of sp³-hybridized carbons (Fsp3) is 0.318. The monoisotopic (exact) mass is 423 g/mol. The fourth-order valence-electron chi connectivity index (χ4n) is 3.40. The van der Waals surface area contributed by atoms with Crippen molar-refractivity contribution >= 4 is 17.8 Å². The van der Waals surface area contributed by atoms with E-state index in [-0.39, 0.29) is 23.5 Å². The molecule has 0 aliphatic carbocycles. The molecule has 4 nitrogen and oxygen atoms in total. The Bertz CT molecular complexity index is 948. The van der Waals surface area contributed by atoms with Gasteiger partial charge in [-0.2, -0.15) is 0 Å². The molecule has 0 bridgehead atoms. The number of aliphatic carboxylic acids is 1. The number of carboxylic acids is 1. The predicted octanol–water partition coefficient (Wildman–Crippen LogP) is 4.55. The SMILES string of the molecule is O=C(O)[C@@H]1CCCN(CCO/C(=C\c2cc(F)ccc2F)c2ccc(F)cc2F)C1. The van der Waals surface area contributed by atoms with Crippen molar-refractivity contribution in [1.82, 2.24) is 4.90 Å². The minimum atomic E-state index is -0.901. The maximum Gasteiger partial charge on any atom is 0.307 e. The van der Waals surface area contributed by atoms with E-state index >= 15 is 0 Å². The molecule has 1 N–H and O–H groups in total. The summed E-state index contributed by atoms with van der Waals surface area (Å²) in [7, 11) is 0. The van der Waals surface area contributed by atoms with Gasteiger partial charge in [-0.3, -0.25) is 9.69 Å². The molecule has 0 spiro atoms. The van der Waals surface area contributed by atoms with Crippen LogP contribution in [0.15, 0.2) is 36.4 Å². The van der Waals surface area contributed by atoms with Crippen LogP contribution in [-0.2, 0) is 9.53 Å². The number of carboxylic acid groups (broad SMARTS) is 1. The van der Waals surface area contributed by atoms with E-state index in [1.807, 2.05) is 4.90 Å². The van der Waals surface area contributed by atoms with Crippen LogP contribution in [0.4, 0.5) is 17.6 Å². The van der Waals surface area contributed by atoms with Crippen LogP contribution in [0.25, 0.3) is 11.8 Å². The Morgan fingerprint density at radius 1 is 1.10 bits per heavy atom. The zero-order valence-corrected chi connectivity index (χ0v) is 16.1. The summed E-state index contributed by atoms with van der Waals surface area (Å²) in [5.74, 6) is -4.46. The Labute approximate surface area is 171 Å². The van der Waals surface area contributed by atoms with Crippen LogP contribution in [-0.4, -0.2) is 42.2 Å². The van der Waals surface area contributed by atoms with E-state index < -0.39 is 35.2 Å². The number of piperidine rings is 1. The summed E-state index contributed by atoms with van der Waals surface area (Å²) in [4.78, 5) is 13.1. The standard InChI is InChI=1S/C22H21F4NO3/c23-16-4-6-19(25)15(10-16)11-21(18-5-3-17(24)12-20(18)26)30-9-8-27-7-1-2-14(13-27)22(28)29/h3-6,10-12,14H,1-2,7-9,13H2,(H,28,29)/b21-11-/t14-/m1/s1. The van der Waals surface area contributed by atoms with Crippen molar-refractivity contribution in [3.05, 3.63) is 70.8 Å². The van der Waals surface area contributed by atoms with Crippen LogP contribution >= 0.6 is 0 Å². The number of carbonyl (C=O) groups is 1. The lowest BCUT2D eigenvalue weighted by Gasteiger charge is -2.30. The lowest BCUT2D eigenvalue weighted by molar-refractivity contribution is -0.143. The average Bonchev–Trinajstić information content (AvgIpc) is 2.70. The van der Waals surface area contributed by atoms with Gasteiger partial charge in [-0.1, -0.05) is 0 Å². The molecule has 0 unspecified atom stereocenters. The normalized spacial score (nSPS) is 17.7. The summed E-state index contributed by atoms with van der Waals surface area (Å²) >= 11 is 0. The Hall–Kier alpha value is -2.87. The van der Waals surface area contributed by atoms with Crippen LogP contribution in [0.5, 0.6) is 0 Å². The molecule has 8 heteroatoms. The summed E-state index contributed by atoms with van der Waals surface area (Å²) in [5.41, 5.74) is -0.236. The molecule has 0 aromatic heterocycles. The molecule has 0 saturated carbocycles. The van der Waals surface area contributed by atoms with Gasteiger partial charge < -0.3 is 9.84 Å².